The second-order valence-corrected chi connectivity index (χ2v) is 6.43. The first-order valence-electron chi connectivity index (χ1n) is 7.25. The van der Waals surface area contributed by atoms with Crippen molar-refractivity contribution in [3.05, 3.63) is 46.6 Å². The van der Waals surface area contributed by atoms with Gasteiger partial charge in [0.1, 0.15) is 16.9 Å². The van der Waals surface area contributed by atoms with Gasteiger partial charge in [-0.25, -0.2) is 9.97 Å². The summed E-state index contributed by atoms with van der Waals surface area (Å²) < 4.78 is 5.25. The lowest BCUT2D eigenvalue weighted by atomic mass is 10.1. The predicted molar refractivity (Wildman–Crippen MR) is 95.7 cm³/mol. The minimum absolute atomic E-state index is 0.735. The van der Waals surface area contributed by atoms with Crippen LogP contribution in [0.25, 0.3) is 10.2 Å². The number of fused-ring (bicyclic) bond motifs is 1. The molecule has 0 saturated carbocycles. The van der Waals surface area contributed by atoms with Gasteiger partial charge in [0, 0.05) is 10.4 Å². The molecule has 0 unspecified atom stereocenters. The van der Waals surface area contributed by atoms with Gasteiger partial charge in [0.25, 0.3) is 0 Å². The Morgan fingerprint density at radius 1 is 1.26 bits per heavy atom. The maximum absolute atomic E-state index is 5.25. The highest BCUT2D eigenvalue weighted by Crippen LogP contribution is 2.32. The van der Waals surface area contributed by atoms with Crippen LogP contribution in [0.3, 0.4) is 0 Å². The topological polar surface area (TPSA) is 59.4 Å². The number of nitrogens with one attached hydrogen (secondary N) is 1. The van der Waals surface area contributed by atoms with Gasteiger partial charge in [0.05, 0.1) is 18.2 Å². The number of anilines is 1. The third-order valence-corrected chi connectivity index (χ3v) is 4.90. The summed E-state index contributed by atoms with van der Waals surface area (Å²) in [4.78, 5) is 10.9. The summed E-state index contributed by atoms with van der Waals surface area (Å²) in [6, 6.07) is 7.81. The van der Waals surface area contributed by atoms with Gasteiger partial charge in [-0.3, -0.25) is 5.43 Å². The molecule has 118 valence electrons. The molecule has 0 amide bonds. The van der Waals surface area contributed by atoms with E-state index in [1.807, 2.05) is 31.2 Å². The van der Waals surface area contributed by atoms with E-state index < -0.39 is 0 Å². The first-order valence-corrected chi connectivity index (χ1v) is 8.07. The zero-order chi connectivity index (χ0) is 16.4. The molecule has 0 spiro atoms. The second kappa shape index (κ2) is 6.34. The molecule has 5 nitrogen and oxygen atoms in total. The fraction of sp³-hybridized carbons (Fsp3) is 0.235. The third kappa shape index (κ3) is 3.03. The Morgan fingerprint density at radius 2 is 2.09 bits per heavy atom. The van der Waals surface area contributed by atoms with Gasteiger partial charge in [-0.1, -0.05) is 12.1 Å². The van der Waals surface area contributed by atoms with Crippen molar-refractivity contribution >= 4 is 33.1 Å². The summed E-state index contributed by atoms with van der Waals surface area (Å²) in [5, 5.41) is 5.51. The second-order valence-electron chi connectivity index (χ2n) is 5.23. The molecule has 1 aromatic carbocycles. The number of aromatic nitrogens is 2. The van der Waals surface area contributed by atoms with Crippen molar-refractivity contribution in [2.24, 2.45) is 5.10 Å². The van der Waals surface area contributed by atoms with Gasteiger partial charge in [0.2, 0.25) is 0 Å². The highest BCUT2D eigenvalue weighted by atomic mass is 32.1. The van der Waals surface area contributed by atoms with E-state index in [0.29, 0.717) is 0 Å². The summed E-state index contributed by atoms with van der Waals surface area (Å²) in [6.07, 6.45) is 1.57. The monoisotopic (exact) mass is 326 g/mol. The molecular weight excluding hydrogens is 308 g/mol. The maximum atomic E-state index is 5.25. The molecule has 0 atom stereocenters. The lowest BCUT2D eigenvalue weighted by molar-refractivity contribution is 0.414. The molecule has 3 aromatic rings. The Balaban J connectivity index is 1.93. The summed E-state index contributed by atoms with van der Waals surface area (Å²) in [7, 11) is 1.66. The number of nitrogens with zero attached hydrogens (tertiary/aromatic N) is 3. The van der Waals surface area contributed by atoms with Crippen LogP contribution in [0.1, 0.15) is 22.9 Å². The standard InChI is InChI=1S/C17H18N4OS/c1-10-12(3)23-17-15(10)16(18-9-19-17)21-20-11(2)13-6-5-7-14(8-13)22-4/h5-9H,1-4H3,(H,18,19,21)/b20-11-. The van der Waals surface area contributed by atoms with Gasteiger partial charge < -0.3 is 4.74 Å². The molecule has 0 aliphatic heterocycles. The predicted octanol–water partition coefficient (Wildman–Crippen LogP) is 4.15. The number of rotatable bonds is 4. The maximum Gasteiger partial charge on any atom is 0.158 e. The molecule has 0 fully saturated rings. The van der Waals surface area contributed by atoms with Gasteiger partial charge >= 0.3 is 0 Å². The van der Waals surface area contributed by atoms with Gasteiger partial charge in [-0.2, -0.15) is 5.10 Å². The first-order chi connectivity index (χ1) is 11.1. The SMILES string of the molecule is COc1cccc(/C(C)=N\Nc2ncnc3sc(C)c(C)c23)c1. The largest absolute Gasteiger partial charge is 0.497 e. The van der Waals surface area contributed by atoms with Gasteiger partial charge in [0.15, 0.2) is 5.82 Å². The van der Waals surface area contributed by atoms with E-state index in [4.69, 9.17) is 4.74 Å². The zero-order valence-electron chi connectivity index (χ0n) is 13.5. The molecule has 0 bridgehead atoms. The first kappa shape index (κ1) is 15.4. The number of methoxy groups -OCH3 is 1. The van der Waals surface area contributed by atoms with Gasteiger partial charge in [-0.05, 0) is 38.5 Å². The Hall–Kier alpha value is -2.47. The number of aryl methyl sites for hydroxylation is 2. The molecule has 1 N–H and O–H groups in total. The van der Waals surface area contributed by atoms with E-state index in [0.717, 1.165) is 33.1 Å². The Labute approximate surface area is 139 Å². The zero-order valence-corrected chi connectivity index (χ0v) is 14.4. The molecule has 23 heavy (non-hydrogen) atoms. The lowest BCUT2D eigenvalue weighted by Crippen LogP contribution is -2.02. The Kier molecular flexibility index (Phi) is 4.25. The van der Waals surface area contributed by atoms with Crippen molar-refractivity contribution < 1.29 is 4.74 Å². The molecule has 2 aromatic heterocycles. The van der Waals surface area contributed by atoms with Crippen LogP contribution in [0, 0.1) is 13.8 Å². The van der Waals surface area contributed by atoms with Crippen molar-refractivity contribution in [3.63, 3.8) is 0 Å². The highest BCUT2D eigenvalue weighted by Gasteiger charge is 2.11. The number of hydrogen-bond acceptors (Lipinski definition) is 6. The normalized spacial score (nSPS) is 11.7. The van der Waals surface area contributed by atoms with Crippen LogP contribution in [0.4, 0.5) is 5.82 Å². The summed E-state index contributed by atoms with van der Waals surface area (Å²) in [5.74, 6) is 1.55. The van der Waals surface area contributed by atoms with Crippen molar-refractivity contribution in [2.75, 3.05) is 12.5 Å². The summed E-state index contributed by atoms with van der Waals surface area (Å²) >= 11 is 1.67. The molecular formula is C17H18N4OS. The van der Waals surface area contributed by atoms with Crippen LogP contribution >= 0.6 is 11.3 Å². The van der Waals surface area contributed by atoms with E-state index in [1.165, 1.54) is 10.4 Å². The van der Waals surface area contributed by atoms with Crippen molar-refractivity contribution in [1.29, 1.82) is 0 Å². The molecule has 2 heterocycles. The average Bonchev–Trinajstić information content (AvgIpc) is 2.87. The number of thiophene rings is 1. The van der Waals surface area contributed by atoms with Gasteiger partial charge in [-0.15, -0.1) is 11.3 Å². The fourth-order valence-electron chi connectivity index (χ4n) is 2.32. The number of hydrazone groups is 1. The molecule has 6 heteroatoms. The van der Waals surface area contributed by atoms with Crippen LogP contribution in [-0.4, -0.2) is 22.8 Å². The van der Waals surface area contributed by atoms with Crippen LogP contribution in [0.5, 0.6) is 5.75 Å². The van der Waals surface area contributed by atoms with E-state index in [1.54, 1.807) is 24.8 Å². The van der Waals surface area contributed by atoms with E-state index in [2.05, 4.69) is 34.3 Å². The minimum Gasteiger partial charge on any atom is -0.497 e. The Bertz CT molecular complexity index is 885. The third-order valence-electron chi connectivity index (χ3n) is 3.78. The number of ether oxygens (including phenoxy) is 1. The van der Waals surface area contributed by atoms with Crippen LogP contribution in [0.15, 0.2) is 35.7 Å². The minimum atomic E-state index is 0.735. The highest BCUT2D eigenvalue weighted by molar-refractivity contribution is 7.18. The molecule has 0 saturated heterocycles. The average molecular weight is 326 g/mol. The van der Waals surface area contributed by atoms with Crippen LogP contribution in [0.2, 0.25) is 0 Å². The van der Waals surface area contributed by atoms with E-state index >= 15 is 0 Å². The van der Waals surface area contributed by atoms with E-state index in [-0.39, 0.29) is 0 Å². The van der Waals surface area contributed by atoms with Crippen LogP contribution < -0.4 is 10.2 Å². The fourth-order valence-corrected chi connectivity index (χ4v) is 3.31. The lowest BCUT2D eigenvalue weighted by Gasteiger charge is -2.06. The summed E-state index contributed by atoms with van der Waals surface area (Å²) in [6.45, 7) is 6.13. The summed E-state index contributed by atoms with van der Waals surface area (Å²) in [5.41, 5.74) is 6.14. The number of benzene rings is 1. The van der Waals surface area contributed by atoms with Crippen molar-refractivity contribution in [3.8, 4) is 5.75 Å². The molecule has 0 aliphatic carbocycles. The smallest absolute Gasteiger partial charge is 0.158 e. The number of hydrogen-bond donors (Lipinski definition) is 1. The molecule has 3 rings (SSSR count). The van der Waals surface area contributed by atoms with Crippen LogP contribution in [-0.2, 0) is 0 Å². The molecule has 0 aliphatic rings. The van der Waals surface area contributed by atoms with E-state index in [9.17, 15) is 0 Å². The Morgan fingerprint density at radius 3 is 2.87 bits per heavy atom. The van der Waals surface area contributed by atoms with Crippen molar-refractivity contribution in [1.82, 2.24) is 9.97 Å². The quantitative estimate of drug-likeness (QED) is 0.578. The van der Waals surface area contributed by atoms with Crippen molar-refractivity contribution in [2.45, 2.75) is 20.8 Å². The molecule has 0 radical (unpaired) electrons.